The molecule has 0 aliphatic carbocycles. The Morgan fingerprint density at radius 1 is 1.41 bits per heavy atom. The van der Waals surface area contributed by atoms with E-state index in [-0.39, 0.29) is 30.6 Å². The molecule has 6 heteroatoms. The number of nitrogens with one attached hydrogen (secondary N) is 1. The molecule has 1 amide bonds. The second-order valence-electron chi connectivity index (χ2n) is 5.31. The molecule has 2 rings (SSSR count). The van der Waals surface area contributed by atoms with Crippen molar-refractivity contribution in [3.8, 4) is 0 Å². The molecule has 1 unspecified atom stereocenters. The monoisotopic (exact) mass is 325 g/mol. The van der Waals surface area contributed by atoms with E-state index in [1.54, 1.807) is 6.07 Å². The number of rotatable bonds is 10. The maximum Gasteiger partial charge on any atom is 0.220 e. The minimum absolute atomic E-state index is 0.0325. The molecule has 0 bridgehead atoms. The zero-order chi connectivity index (χ0) is 15.6. The molecule has 1 aromatic rings. The molecular weight excluding hydrogens is 302 g/mol. The highest BCUT2D eigenvalue weighted by atomic mass is 32.1. The Kier molecular flexibility index (Phi) is 7.56. The molecule has 5 nitrogen and oxygen atoms in total. The molecule has 22 heavy (non-hydrogen) atoms. The lowest BCUT2D eigenvalue weighted by molar-refractivity contribution is -0.121. The first-order valence-electron chi connectivity index (χ1n) is 7.78. The van der Waals surface area contributed by atoms with Gasteiger partial charge in [-0.05, 0) is 30.7 Å². The van der Waals surface area contributed by atoms with Gasteiger partial charge in [0.05, 0.1) is 17.6 Å². The summed E-state index contributed by atoms with van der Waals surface area (Å²) < 4.78 is 11.0. The number of ketones is 1. The van der Waals surface area contributed by atoms with Gasteiger partial charge >= 0.3 is 0 Å². The summed E-state index contributed by atoms with van der Waals surface area (Å²) >= 11 is 1.41. The smallest absolute Gasteiger partial charge is 0.220 e. The van der Waals surface area contributed by atoms with Gasteiger partial charge in [-0.25, -0.2) is 0 Å². The number of amides is 1. The van der Waals surface area contributed by atoms with Crippen LogP contribution in [0.5, 0.6) is 0 Å². The third-order valence-electron chi connectivity index (χ3n) is 3.49. The van der Waals surface area contributed by atoms with E-state index in [0.29, 0.717) is 19.8 Å². The molecule has 1 aliphatic heterocycles. The molecule has 1 aliphatic rings. The molecule has 1 atom stereocenters. The summed E-state index contributed by atoms with van der Waals surface area (Å²) in [5, 5.41) is 4.68. The summed E-state index contributed by atoms with van der Waals surface area (Å²) in [6.07, 6.45) is 3.73. The second-order valence-corrected chi connectivity index (χ2v) is 6.26. The van der Waals surface area contributed by atoms with Crippen LogP contribution in [0.4, 0.5) is 0 Å². The van der Waals surface area contributed by atoms with E-state index in [9.17, 15) is 9.59 Å². The molecule has 0 saturated carbocycles. The van der Waals surface area contributed by atoms with Crippen molar-refractivity contribution in [3.63, 3.8) is 0 Å². The van der Waals surface area contributed by atoms with E-state index in [0.717, 1.165) is 30.7 Å². The highest BCUT2D eigenvalue weighted by molar-refractivity contribution is 7.12. The van der Waals surface area contributed by atoms with Crippen LogP contribution in [0.3, 0.4) is 0 Å². The van der Waals surface area contributed by atoms with Crippen LogP contribution >= 0.6 is 11.3 Å². The first-order valence-corrected chi connectivity index (χ1v) is 8.66. The highest BCUT2D eigenvalue weighted by Crippen LogP contribution is 2.12. The normalized spacial score (nSPS) is 17.5. The fourth-order valence-corrected chi connectivity index (χ4v) is 2.96. The van der Waals surface area contributed by atoms with Crippen molar-refractivity contribution in [2.75, 3.05) is 26.4 Å². The lowest BCUT2D eigenvalue weighted by atomic mass is 10.2. The lowest BCUT2D eigenvalue weighted by Gasteiger charge is -2.10. The average molecular weight is 325 g/mol. The van der Waals surface area contributed by atoms with Crippen LogP contribution in [0.15, 0.2) is 17.5 Å². The number of thiophene rings is 1. The van der Waals surface area contributed by atoms with E-state index in [1.807, 2.05) is 11.4 Å². The third kappa shape index (κ3) is 6.25. The average Bonchev–Trinajstić information content (AvgIpc) is 3.21. The topological polar surface area (TPSA) is 64.6 Å². The van der Waals surface area contributed by atoms with E-state index in [4.69, 9.17) is 9.47 Å². The van der Waals surface area contributed by atoms with Crippen molar-refractivity contribution in [1.82, 2.24) is 5.32 Å². The molecule has 1 aromatic heterocycles. The maximum absolute atomic E-state index is 11.7. The second kappa shape index (κ2) is 9.71. The molecule has 122 valence electrons. The number of hydrogen-bond donors (Lipinski definition) is 1. The van der Waals surface area contributed by atoms with Crippen LogP contribution in [0.2, 0.25) is 0 Å². The van der Waals surface area contributed by atoms with Gasteiger partial charge in [-0.15, -0.1) is 11.3 Å². The standard InChI is InChI=1S/C16H23NO4S/c18-14(15-5-2-11-22-15)6-7-16(19)17-8-3-9-20-12-13-4-1-10-21-13/h2,5,11,13H,1,3-4,6-10,12H2,(H,17,19). The first kappa shape index (κ1) is 17.1. The number of carbonyl (C=O) groups excluding carboxylic acids is 2. The Labute approximate surface area is 135 Å². The van der Waals surface area contributed by atoms with Crippen molar-refractivity contribution in [2.24, 2.45) is 0 Å². The van der Waals surface area contributed by atoms with Crippen LogP contribution in [0.1, 0.15) is 41.8 Å². The molecule has 2 heterocycles. The summed E-state index contributed by atoms with van der Waals surface area (Å²) in [5.74, 6) is -0.0471. The zero-order valence-corrected chi connectivity index (χ0v) is 13.5. The summed E-state index contributed by atoms with van der Waals surface area (Å²) in [7, 11) is 0. The zero-order valence-electron chi connectivity index (χ0n) is 12.7. The molecule has 0 aromatic carbocycles. The van der Waals surface area contributed by atoms with Gasteiger partial charge in [-0.1, -0.05) is 6.07 Å². The Morgan fingerprint density at radius 3 is 3.05 bits per heavy atom. The Bertz CT molecular complexity index is 455. The van der Waals surface area contributed by atoms with Crippen LogP contribution < -0.4 is 5.32 Å². The van der Waals surface area contributed by atoms with Crippen molar-refractivity contribution in [1.29, 1.82) is 0 Å². The number of Topliss-reactive ketones (excluding diaryl/α,β-unsaturated/α-hetero) is 1. The Hall–Kier alpha value is -1.24. The molecular formula is C16H23NO4S. The third-order valence-corrected chi connectivity index (χ3v) is 4.40. The van der Waals surface area contributed by atoms with E-state index < -0.39 is 0 Å². The SMILES string of the molecule is O=C(CCC(=O)c1cccs1)NCCCOCC1CCCO1. The largest absolute Gasteiger partial charge is 0.379 e. The quantitative estimate of drug-likeness (QED) is 0.530. The molecule has 0 spiro atoms. The maximum atomic E-state index is 11.7. The predicted molar refractivity (Wildman–Crippen MR) is 85.3 cm³/mol. The fourth-order valence-electron chi connectivity index (χ4n) is 2.27. The molecule has 1 N–H and O–H groups in total. The molecule has 1 saturated heterocycles. The van der Waals surface area contributed by atoms with Crippen molar-refractivity contribution in [3.05, 3.63) is 22.4 Å². The first-order chi connectivity index (χ1) is 10.8. The summed E-state index contributed by atoms with van der Waals surface area (Å²) in [6.45, 7) is 2.68. The van der Waals surface area contributed by atoms with Gasteiger partial charge in [0.25, 0.3) is 0 Å². The van der Waals surface area contributed by atoms with Crippen molar-refractivity contribution >= 4 is 23.0 Å². The Morgan fingerprint density at radius 2 is 2.32 bits per heavy atom. The van der Waals surface area contributed by atoms with Crippen LogP contribution in [-0.2, 0) is 14.3 Å². The molecule has 1 fully saturated rings. The number of carbonyl (C=O) groups is 2. The summed E-state index contributed by atoms with van der Waals surface area (Å²) in [6, 6.07) is 3.63. The minimum Gasteiger partial charge on any atom is -0.379 e. The highest BCUT2D eigenvalue weighted by Gasteiger charge is 2.15. The van der Waals surface area contributed by atoms with Gasteiger partial charge in [-0.2, -0.15) is 0 Å². The van der Waals surface area contributed by atoms with E-state index in [1.165, 1.54) is 11.3 Å². The van der Waals surface area contributed by atoms with Gasteiger partial charge in [-0.3, -0.25) is 9.59 Å². The lowest BCUT2D eigenvalue weighted by Crippen LogP contribution is -2.26. The van der Waals surface area contributed by atoms with Gasteiger partial charge in [0.2, 0.25) is 5.91 Å². The van der Waals surface area contributed by atoms with Gasteiger partial charge < -0.3 is 14.8 Å². The van der Waals surface area contributed by atoms with E-state index in [2.05, 4.69) is 5.32 Å². The minimum atomic E-state index is -0.0796. The van der Waals surface area contributed by atoms with Crippen molar-refractivity contribution in [2.45, 2.75) is 38.2 Å². The van der Waals surface area contributed by atoms with Crippen LogP contribution in [-0.4, -0.2) is 44.2 Å². The van der Waals surface area contributed by atoms with Crippen LogP contribution in [0.25, 0.3) is 0 Å². The predicted octanol–water partition coefficient (Wildman–Crippen LogP) is 2.41. The van der Waals surface area contributed by atoms with Gasteiger partial charge in [0, 0.05) is 32.6 Å². The summed E-state index contributed by atoms with van der Waals surface area (Å²) in [5.41, 5.74) is 0. The molecule has 0 radical (unpaired) electrons. The van der Waals surface area contributed by atoms with Gasteiger partial charge in [0.15, 0.2) is 5.78 Å². The summed E-state index contributed by atoms with van der Waals surface area (Å²) in [4.78, 5) is 24.1. The van der Waals surface area contributed by atoms with E-state index >= 15 is 0 Å². The van der Waals surface area contributed by atoms with Crippen molar-refractivity contribution < 1.29 is 19.1 Å². The fraction of sp³-hybridized carbons (Fsp3) is 0.625. The van der Waals surface area contributed by atoms with Crippen LogP contribution in [0, 0.1) is 0 Å². The number of hydrogen-bond acceptors (Lipinski definition) is 5. The Balaban J connectivity index is 1.44. The number of ether oxygens (including phenoxy) is 2. The van der Waals surface area contributed by atoms with Gasteiger partial charge in [0.1, 0.15) is 0 Å².